The van der Waals surface area contributed by atoms with Crippen LogP contribution in [0, 0.1) is 18.6 Å². The number of ether oxygens (including phenoxy) is 1. The van der Waals surface area contributed by atoms with E-state index < -0.39 is 23.2 Å². The van der Waals surface area contributed by atoms with Crippen molar-refractivity contribution in [1.82, 2.24) is 19.4 Å². The third-order valence-electron chi connectivity index (χ3n) is 8.79. The molecule has 0 bridgehead atoms. The van der Waals surface area contributed by atoms with Crippen molar-refractivity contribution in [2.75, 3.05) is 43.6 Å². The van der Waals surface area contributed by atoms with Crippen LogP contribution in [0.25, 0.3) is 28.0 Å². The van der Waals surface area contributed by atoms with Crippen molar-refractivity contribution in [1.29, 1.82) is 0 Å². The Morgan fingerprint density at radius 2 is 1.87 bits per heavy atom. The van der Waals surface area contributed by atoms with E-state index in [1.807, 2.05) is 25.7 Å². The largest absolute Gasteiger partial charge is 0.496 e. The van der Waals surface area contributed by atoms with Crippen molar-refractivity contribution in [3.8, 4) is 22.7 Å². The van der Waals surface area contributed by atoms with Gasteiger partial charge in [0.15, 0.2) is 11.5 Å². The maximum Gasteiger partial charge on any atom is 0.283 e. The van der Waals surface area contributed by atoms with Gasteiger partial charge in [0.25, 0.3) is 5.56 Å². The van der Waals surface area contributed by atoms with Crippen molar-refractivity contribution < 1.29 is 23.1 Å². The average molecular weight is 629 g/mol. The molecule has 6 rings (SSSR count). The number of aromatic nitrogens is 3. The smallest absolute Gasteiger partial charge is 0.283 e. The fraction of sp³-hybridized carbons (Fsp3) is 0.324. The van der Waals surface area contributed by atoms with E-state index in [9.17, 15) is 14.4 Å². The highest BCUT2D eigenvalue weighted by Crippen LogP contribution is 2.43. The third kappa shape index (κ3) is 4.79. The van der Waals surface area contributed by atoms with Crippen LogP contribution in [0.5, 0.6) is 5.75 Å². The molecule has 1 atom stereocenters. The molecule has 46 heavy (non-hydrogen) atoms. The van der Waals surface area contributed by atoms with Gasteiger partial charge in [-0.15, -0.1) is 0 Å². The zero-order valence-corrected chi connectivity index (χ0v) is 26.3. The molecule has 2 aliphatic rings. The third-order valence-corrected chi connectivity index (χ3v) is 8.79. The van der Waals surface area contributed by atoms with Crippen molar-refractivity contribution in [3.63, 3.8) is 0 Å². The molecule has 4 aromatic rings. The van der Waals surface area contributed by atoms with Gasteiger partial charge in [-0.3, -0.25) is 23.9 Å². The Balaban J connectivity index is 1.77. The van der Waals surface area contributed by atoms with Crippen LogP contribution in [-0.2, 0) is 9.59 Å². The summed E-state index contributed by atoms with van der Waals surface area (Å²) >= 11 is 0. The fourth-order valence-electron chi connectivity index (χ4n) is 6.54. The summed E-state index contributed by atoms with van der Waals surface area (Å²) < 4.78 is 38.5. The molecule has 3 aromatic heterocycles. The molecule has 0 radical (unpaired) electrons. The van der Waals surface area contributed by atoms with Crippen LogP contribution >= 0.6 is 0 Å². The number of piperazine rings is 1. The predicted molar refractivity (Wildman–Crippen MR) is 172 cm³/mol. The van der Waals surface area contributed by atoms with Crippen LogP contribution in [0.3, 0.4) is 0 Å². The Hall–Kier alpha value is -5.13. The van der Waals surface area contributed by atoms with Gasteiger partial charge in [0, 0.05) is 44.7 Å². The maximum absolute atomic E-state index is 16.4. The summed E-state index contributed by atoms with van der Waals surface area (Å²) in [6.45, 7) is 10.1. The first-order chi connectivity index (χ1) is 22.0. The van der Waals surface area contributed by atoms with E-state index in [1.54, 1.807) is 17.2 Å². The average Bonchev–Trinajstić information content (AvgIpc) is 3.14. The monoisotopic (exact) mass is 628 g/mol. The normalized spacial score (nSPS) is 16.4. The summed E-state index contributed by atoms with van der Waals surface area (Å²) in [4.78, 5) is 55.1. The molecule has 238 valence electrons. The van der Waals surface area contributed by atoms with Gasteiger partial charge in [-0.1, -0.05) is 26.5 Å². The minimum absolute atomic E-state index is 0.0105. The number of pyridine rings is 3. The highest BCUT2D eigenvalue weighted by Gasteiger charge is 2.40. The van der Waals surface area contributed by atoms with Crippen LogP contribution in [0.1, 0.15) is 37.4 Å². The summed E-state index contributed by atoms with van der Waals surface area (Å²) in [7, 11) is 2.87. The summed E-state index contributed by atoms with van der Waals surface area (Å²) in [5.41, 5.74) is 1.11. The van der Waals surface area contributed by atoms with Crippen LogP contribution in [0.15, 0.2) is 54.0 Å². The quantitative estimate of drug-likeness (QED) is 0.295. The molecule has 0 aliphatic carbocycles. The highest BCUT2D eigenvalue weighted by atomic mass is 19.1. The Morgan fingerprint density at radius 3 is 2.57 bits per heavy atom. The second kappa shape index (κ2) is 11.7. The minimum Gasteiger partial charge on any atom is -0.496 e. The van der Waals surface area contributed by atoms with Crippen molar-refractivity contribution in [2.45, 2.75) is 39.2 Å². The van der Waals surface area contributed by atoms with E-state index in [4.69, 9.17) is 9.72 Å². The van der Waals surface area contributed by atoms with Crippen LogP contribution in [0.2, 0.25) is 0 Å². The van der Waals surface area contributed by atoms with Crippen LogP contribution in [0.4, 0.5) is 20.2 Å². The topological polar surface area (TPSA) is 101 Å². The lowest BCUT2D eigenvalue weighted by Gasteiger charge is -2.42. The number of carbonyl (C=O) groups excluding carboxylic acids is 2. The minimum atomic E-state index is -0.842. The van der Waals surface area contributed by atoms with Crippen molar-refractivity contribution in [3.05, 3.63) is 82.4 Å². The molecule has 1 saturated heterocycles. The van der Waals surface area contributed by atoms with E-state index in [1.165, 1.54) is 54.0 Å². The van der Waals surface area contributed by atoms with Gasteiger partial charge in [-0.25, -0.2) is 13.8 Å². The van der Waals surface area contributed by atoms with Crippen LogP contribution < -0.4 is 20.1 Å². The van der Waals surface area contributed by atoms with E-state index in [0.717, 1.165) is 0 Å². The summed E-state index contributed by atoms with van der Waals surface area (Å²) in [6, 6.07) is 6.63. The molecular formula is C34H34F2N6O4. The van der Waals surface area contributed by atoms with Gasteiger partial charge in [-0.2, -0.15) is 0 Å². The fourth-order valence-corrected chi connectivity index (χ4v) is 6.54. The summed E-state index contributed by atoms with van der Waals surface area (Å²) in [5.74, 6) is -2.25. The Morgan fingerprint density at radius 1 is 1.11 bits per heavy atom. The van der Waals surface area contributed by atoms with Gasteiger partial charge in [0.2, 0.25) is 11.8 Å². The van der Waals surface area contributed by atoms with Gasteiger partial charge in [-0.05, 0) is 48.7 Å². The Labute approximate surface area is 264 Å². The number of carbonyl (C=O) groups is 2. The molecule has 1 aromatic carbocycles. The SMILES string of the molecule is C=CC(=O)N1CCN2c3c(c(=O)n(-c4c(C)ccnc4C(C)C)c4nc(-c5c(F)cccc5OC)c(F)cc34)N(C)C(=O)CC2C1. The number of halogens is 2. The molecule has 0 saturated carbocycles. The van der Waals surface area contributed by atoms with Crippen LogP contribution in [-0.4, -0.2) is 71.1 Å². The Kier molecular flexibility index (Phi) is 7.83. The van der Waals surface area contributed by atoms with E-state index in [2.05, 4.69) is 11.6 Å². The number of benzene rings is 1. The molecule has 0 spiro atoms. The number of rotatable bonds is 5. The number of amides is 2. The lowest BCUT2D eigenvalue weighted by atomic mass is 10.0. The molecule has 12 heteroatoms. The first-order valence-corrected chi connectivity index (χ1v) is 15.0. The number of nitrogens with zero attached hydrogens (tertiary/aromatic N) is 6. The molecule has 2 amide bonds. The zero-order chi connectivity index (χ0) is 33.0. The lowest BCUT2D eigenvalue weighted by molar-refractivity contribution is -0.127. The molecule has 5 heterocycles. The number of aryl methyl sites for hydroxylation is 1. The second-order valence-electron chi connectivity index (χ2n) is 11.9. The van der Waals surface area contributed by atoms with Gasteiger partial charge < -0.3 is 19.4 Å². The van der Waals surface area contributed by atoms with Gasteiger partial charge in [0.05, 0.1) is 35.8 Å². The van der Waals surface area contributed by atoms with Crippen molar-refractivity contribution >= 4 is 34.2 Å². The Bertz CT molecular complexity index is 1990. The molecule has 10 nitrogen and oxygen atoms in total. The molecule has 2 aliphatic heterocycles. The number of anilines is 2. The first kappa shape index (κ1) is 30.9. The summed E-state index contributed by atoms with van der Waals surface area (Å²) in [5, 5.41) is 0.249. The molecular weight excluding hydrogens is 594 g/mol. The molecule has 0 N–H and O–H groups in total. The highest BCUT2D eigenvalue weighted by molar-refractivity contribution is 6.07. The molecule has 1 fully saturated rings. The van der Waals surface area contributed by atoms with Gasteiger partial charge >= 0.3 is 0 Å². The number of methoxy groups -OCH3 is 1. The van der Waals surface area contributed by atoms with E-state index >= 15 is 8.78 Å². The zero-order valence-electron chi connectivity index (χ0n) is 26.3. The standard InChI is InChI=1S/C34H34F2N6O4/c1-7-25(43)40-13-14-41-20(17-40)15-26(44)39(5)32-31(41)21-16-23(36)29(27-22(35)9-8-10-24(27)46-6)38-33(21)42(34(32)45)30-19(4)11-12-37-28(30)18(2)3/h7-12,16,18,20H,1,13-15,17H2,2-6H3. The first-order valence-electron chi connectivity index (χ1n) is 15.0. The van der Waals surface area contributed by atoms with Gasteiger partial charge in [0.1, 0.15) is 22.9 Å². The van der Waals surface area contributed by atoms with E-state index in [-0.39, 0.29) is 71.0 Å². The number of hydrogen-bond donors (Lipinski definition) is 0. The molecule has 1 unspecified atom stereocenters. The predicted octanol–water partition coefficient (Wildman–Crippen LogP) is 4.74. The lowest BCUT2D eigenvalue weighted by Crippen LogP contribution is -2.55. The second-order valence-corrected chi connectivity index (χ2v) is 11.9. The van der Waals surface area contributed by atoms with E-state index in [0.29, 0.717) is 29.2 Å². The summed E-state index contributed by atoms with van der Waals surface area (Å²) in [6.07, 6.45) is 2.89. The number of hydrogen-bond acceptors (Lipinski definition) is 7. The number of fused-ring (bicyclic) bond motifs is 5. The van der Waals surface area contributed by atoms with Crippen molar-refractivity contribution in [2.24, 2.45) is 0 Å². The maximum atomic E-state index is 16.4.